The molecule has 1 aliphatic rings. The van der Waals surface area contributed by atoms with Crippen LogP contribution >= 0.6 is 0 Å². The summed E-state index contributed by atoms with van der Waals surface area (Å²) in [6.45, 7) is 5.79. The van der Waals surface area contributed by atoms with E-state index in [-0.39, 0.29) is 18.1 Å². The number of hydrogen-bond donors (Lipinski definition) is 2. The molecule has 150 valence electrons. The molecule has 1 saturated carbocycles. The van der Waals surface area contributed by atoms with E-state index in [0.717, 1.165) is 24.3 Å². The first-order valence-electron chi connectivity index (χ1n) is 10.2. The number of aryl methyl sites for hydroxylation is 1. The van der Waals surface area contributed by atoms with Gasteiger partial charge in [0.25, 0.3) is 5.91 Å². The van der Waals surface area contributed by atoms with Gasteiger partial charge in [0, 0.05) is 17.8 Å². The fourth-order valence-corrected chi connectivity index (χ4v) is 3.47. The highest BCUT2D eigenvalue weighted by Crippen LogP contribution is 2.21. The number of carbonyl (C=O) groups excluding carboxylic acids is 1. The van der Waals surface area contributed by atoms with Gasteiger partial charge in [-0.15, -0.1) is 0 Å². The van der Waals surface area contributed by atoms with Crippen molar-refractivity contribution in [2.24, 2.45) is 0 Å². The molecule has 1 aliphatic carbocycles. The van der Waals surface area contributed by atoms with Crippen molar-refractivity contribution in [1.29, 1.82) is 0 Å². The fourth-order valence-electron chi connectivity index (χ4n) is 3.47. The third kappa shape index (κ3) is 5.94. The van der Waals surface area contributed by atoms with Crippen molar-refractivity contribution in [3.8, 4) is 5.75 Å². The Morgan fingerprint density at radius 2 is 1.75 bits per heavy atom. The first kappa shape index (κ1) is 20.1. The molecule has 6 nitrogen and oxygen atoms in total. The maximum absolute atomic E-state index is 12.7. The number of aromatic nitrogens is 2. The monoisotopic (exact) mass is 382 g/mol. The molecule has 1 aromatic heterocycles. The SMILES string of the molecule is Cc1nc(Nc2ccc(OC(C)C)cc2)cc(C(=O)NC2CCCCCC2)n1. The highest BCUT2D eigenvalue weighted by Gasteiger charge is 2.17. The molecule has 0 saturated heterocycles. The number of carbonyl (C=O) groups is 1. The molecule has 2 N–H and O–H groups in total. The van der Waals surface area contributed by atoms with Gasteiger partial charge in [-0.05, 0) is 57.9 Å². The molecule has 1 fully saturated rings. The van der Waals surface area contributed by atoms with Crippen molar-refractivity contribution in [3.05, 3.63) is 41.9 Å². The zero-order valence-corrected chi connectivity index (χ0v) is 17.0. The Bertz CT molecular complexity index is 782. The van der Waals surface area contributed by atoms with Gasteiger partial charge in [0.05, 0.1) is 6.10 Å². The van der Waals surface area contributed by atoms with E-state index in [1.807, 2.05) is 38.1 Å². The molecule has 0 bridgehead atoms. The van der Waals surface area contributed by atoms with Crippen LogP contribution in [0.2, 0.25) is 0 Å². The molecule has 0 spiro atoms. The second kappa shape index (κ2) is 9.53. The van der Waals surface area contributed by atoms with Gasteiger partial charge in [0.15, 0.2) is 0 Å². The van der Waals surface area contributed by atoms with E-state index < -0.39 is 0 Å². The topological polar surface area (TPSA) is 76.1 Å². The molecule has 28 heavy (non-hydrogen) atoms. The third-order valence-corrected chi connectivity index (χ3v) is 4.76. The Hall–Kier alpha value is -2.63. The van der Waals surface area contributed by atoms with Gasteiger partial charge in [-0.3, -0.25) is 4.79 Å². The fraction of sp³-hybridized carbons (Fsp3) is 0.500. The quantitative estimate of drug-likeness (QED) is 0.704. The van der Waals surface area contributed by atoms with Gasteiger partial charge in [0.2, 0.25) is 0 Å². The van der Waals surface area contributed by atoms with E-state index >= 15 is 0 Å². The number of nitrogens with zero attached hydrogens (tertiary/aromatic N) is 2. The van der Waals surface area contributed by atoms with E-state index in [0.29, 0.717) is 17.3 Å². The number of ether oxygens (including phenoxy) is 1. The second-order valence-corrected chi connectivity index (χ2v) is 7.66. The standard InChI is InChI=1S/C22H30N4O2/c1-15(2)28-19-12-10-18(11-13-19)25-21-14-20(23-16(3)24-21)22(27)26-17-8-6-4-5-7-9-17/h10-15,17H,4-9H2,1-3H3,(H,26,27)(H,23,24,25). The van der Waals surface area contributed by atoms with Gasteiger partial charge in [-0.25, -0.2) is 9.97 Å². The van der Waals surface area contributed by atoms with Crippen LogP contribution in [0.25, 0.3) is 0 Å². The van der Waals surface area contributed by atoms with Crippen LogP contribution in [-0.2, 0) is 0 Å². The maximum Gasteiger partial charge on any atom is 0.270 e. The summed E-state index contributed by atoms with van der Waals surface area (Å²) in [6.07, 6.45) is 7.10. The van der Waals surface area contributed by atoms with Crippen molar-refractivity contribution >= 4 is 17.4 Å². The number of nitrogens with one attached hydrogen (secondary N) is 2. The Morgan fingerprint density at radius 1 is 1.07 bits per heavy atom. The lowest BCUT2D eigenvalue weighted by Crippen LogP contribution is -2.35. The van der Waals surface area contributed by atoms with Crippen LogP contribution in [-0.4, -0.2) is 28.0 Å². The molecule has 1 amide bonds. The number of anilines is 2. The molecular weight excluding hydrogens is 352 g/mol. The van der Waals surface area contributed by atoms with Crippen molar-refractivity contribution in [2.75, 3.05) is 5.32 Å². The Morgan fingerprint density at radius 3 is 2.39 bits per heavy atom. The molecule has 2 aromatic rings. The van der Waals surface area contributed by atoms with E-state index in [4.69, 9.17) is 4.74 Å². The summed E-state index contributed by atoms with van der Waals surface area (Å²) in [6, 6.07) is 9.64. The molecule has 1 aromatic carbocycles. The Kier molecular flexibility index (Phi) is 6.85. The lowest BCUT2D eigenvalue weighted by molar-refractivity contribution is 0.0928. The lowest BCUT2D eigenvalue weighted by Gasteiger charge is -2.16. The van der Waals surface area contributed by atoms with Crippen LogP contribution in [0.4, 0.5) is 11.5 Å². The van der Waals surface area contributed by atoms with Crippen molar-refractivity contribution < 1.29 is 9.53 Å². The van der Waals surface area contributed by atoms with Crippen LogP contribution in [0, 0.1) is 6.92 Å². The van der Waals surface area contributed by atoms with E-state index in [1.54, 1.807) is 13.0 Å². The summed E-state index contributed by atoms with van der Waals surface area (Å²) >= 11 is 0. The summed E-state index contributed by atoms with van der Waals surface area (Å²) in [7, 11) is 0. The van der Waals surface area contributed by atoms with Gasteiger partial charge in [-0.2, -0.15) is 0 Å². The summed E-state index contributed by atoms with van der Waals surface area (Å²) in [4.78, 5) is 21.4. The molecule has 6 heteroatoms. The number of amides is 1. The van der Waals surface area contributed by atoms with Gasteiger partial charge in [0.1, 0.15) is 23.1 Å². The first-order chi connectivity index (χ1) is 13.5. The van der Waals surface area contributed by atoms with Gasteiger partial charge >= 0.3 is 0 Å². The average Bonchev–Trinajstić information content (AvgIpc) is 2.91. The summed E-state index contributed by atoms with van der Waals surface area (Å²) in [5.74, 6) is 1.87. The highest BCUT2D eigenvalue weighted by atomic mass is 16.5. The Labute approximate surface area is 167 Å². The van der Waals surface area contributed by atoms with E-state index in [2.05, 4.69) is 20.6 Å². The second-order valence-electron chi connectivity index (χ2n) is 7.66. The maximum atomic E-state index is 12.7. The van der Waals surface area contributed by atoms with Crippen LogP contribution in [0.1, 0.15) is 68.7 Å². The van der Waals surface area contributed by atoms with E-state index in [9.17, 15) is 4.79 Å². The van der Waals surface area contributed by atoms with Gasteiger partial charge in [-0.1, -0.05) is 25.7 Å². The largest absolute Gasteiger partial charge is 0.491 e. The van der Waals surface area contributed by atoms with Crippen molar-refractivity contribution in [2.45, 2.75) is 71.4 Å². The normalized spacial score (nSPS) is 15.1. The number of benzene rings is 1. The molecular formula is C22H30N4O2. The van der Waals surface area contributed by atoms with E-state index in [1.165, 1.54) is 25.7 Å². The Balaban J connectivity index is 1.67. The minimum atomic E-state index is -0.124. The van der Waals surface area contributed by atoms with Crippen LogP contribution in [0.3, 0.4) is 0 Å². The summed E-state index contributed by atoms with van der Waals surface area (Å²) < 4.78 is 5.66. The smallest absolute Gasteiger partial charge is 0.270 e. The van der Waals surface area contributed by atoms with Crippen LogP contribution in [0.15, 0.2) is 30.3 Å². The molecule has 0 radical (unpaired) electrons. The van der Waals surface area contributed by atoms with Crippen LogP contribution < -0.4 is 15.4 Å². The zero-order valence-electron chi connectivity index (χ0n) is 17.0. The average molecular weight is 383 g/mol. The minimum Gasteiger partial charge on any atom is -0.491 e. The predicted molar refractivity (Wildman–Crippen MR) is 111 cm³/mol. The first-order valence-corrected chi connectivity index (χ1v) is 10.2. The summed E-state index contributed by atoms with van der Waals surface area (Å²) in [5, 5.41) is 6.39. The minimum absolute atomic E-state index is 0.124. The van der Waals surface area contributed by atoms with Crippen molar-refractivity contribution in [1.82, 2.24) is 15.3 Å². The molecule has 1 heterocycles. The predicted octanol–water partition coefficient (Wildman–Crippen LogP) is 4.77. The van der Waals surface area contributed by atoms with Crippen LogP contribution in [0.5, 0.6) is 5.75 Å². The number of rotatable bonds is 6. The summed E-state index contributed by atoms with van der Waals surface area (Å²) in [5.41, 5.74) is 1.28. The van der Waals surface area contributed by atoms with Crippen molar-refractivity contribution in [3.63, 3.8) is 0 Å². The van der Waals surface area contributed by atoms with Gasteiger partial charge < -0.3 is 15.4 Å². The molecule has 3 rings (SSSR count). The molecule has 0 aliphatic heterocycles. The lowest BCUT2D eigenvalue weighted by atomic mass is 10.1. The highest BCUT2D eigenvalue weighted by molar-refractivity contribution is 5.93. The zero-order chi connectivity index (χ0) is 19.9. The molecule has 0 unspecified atom stereocenters. The third-order valence-electron chi connectivity index (χ3n) is 4.76. The number of hydrogen-bond acceptors (Lipinski definition) is 5. The molecule has 0 atom stereocenters.